The lowest BCUT2D eigenvalue weighted by atomic mass is 10.0. The lowest BCUT2D eigenvalue weighted by molar-refractivity contribution is -0.118. The Morgan fingerprint density at radius 1 is 1.14 bits per heavy atom. The van der Waals surface area contributed by atoms with E-state index in [1.807, 2.05) is 49.4 Å². The molecule has 28 heavy (non-hydrogen) atoms. The number of ether oxygens (including phenoxy) is 1. The summed E-state index contributed by atoms with van der Waals surface area (Å²) in [5, 5.41) is 18.5. The van der Waals surface area contributed by atoms with Gasteiger partial charge in [-0.1, -0.05) is 6.92 Å². The Morgan fingerprint density at radius 3 is 2.64 bits per heavy atom. The van der Waals surface area contributed by atoms with Crippen molar-refractivity contribution in [1.82, 2.24) is 15.4 Å². The molecule has 3 aromatic rings. The maximum absolute atomic E-state index is 11.8. The summed E-state index contributed by atoms with van der Waals surface area (Å²) in [6, 6.07) is 13.4. The van der Waals surface area contributed by atoms with Crippen molar-refractivity contribution in [3.05, 3.63) is 53.7 Å². The first kappa shape index (κ1) is 17.9. The normalized spacial score (nSPS) is 14.5. The van der Waals surface area contributed by atoms with E-state index in [1.54, 1.807) is 11.9 Å². The number of hydrogen-bond acceptors (Lipinski definition) is 5. The quantitative estimate of drug-likeness (QED) is 0.661. The first-order valence-corrected chi connectivity index (χ1v) is 9.16. The fraction of sp³-hybridized carbons (Fsp3) is 0.238. The number of nitrogens with one attached hydrogen (secondary N) is 2. The molecule has 1 amide bonds. The van der Waals surface area contributed by atoms with E-state index in [0.717, 1.165) is 40.4 Å². The van der Waals surface area contributed by atoms with E-state index in [4.69, 9.17) is 10.1 Å². The molecule has 0 spiro atoms. The Labute approximate surface area is 162 Å². The Balaban J connectivity index is 1.54. The molecule has 1 aliphatic rings. The minimum absolute atomic E-state index is 0.106. The van der Waals surface area contributed by atoms with E-state index < -0.39 is 0 Å². The minimum Gasteiger partial charge on any atom is -0.457 e. The molecule has 0 saturated carbocycles. The molecule has 142 valence electrons. The highest BCUT2D eigenvalue weighted by Gasteiger charge is 2.21. The Hall–Kier alpha value is -3.48. The first-order valence-electron chi connectivity index (χ1n) is 9.16. The zero-order valence-corrected chi connectivity index (χ0v) is 15.8. The van der Waals surface area contributed by atoms with Crippen molar-refractivity contribution in [1.29, 1.82) is 5.41 Å². The van der Waals surface area contributed by atoms with E-state index in [0.29, 0.717) is 12.2 Å². The third-order valence-corrected chi connectivity index (χ3v) is 5.01. The molecule has 7 heteroatoms. The summed E-state index contributed by atoms with van der Waals surface area (Å²) in [5.41, 5.74) is 4.46. The van der Waals surface area contributed by atoms with Crippen LogP contribution in [0.15, 0.2) is 42.5 Å². The second-order valence-corrected chi connectivity index (χ2v) is 6.88. The number of aryl methyl sites for hydroxylation is 1. The topological polar surface area (TPSA) is 95.0 Å². The third-order valence-electron chi connectivity index (χ3n) is 5.01. The van der Waals surface area contributed by atoms with Gasteiger partial charge in [0.2, 0.25) is 5.91 Å². The van der Waals surface area contributed by atoms with Crippen LogP contribution in [-0.2, 0) is 11.2 Å². The highest BCUT2D eigenvalue weighted by molar-refractivity contribution is 5.96. The fourth-order valence-electron chi connectivity index (χ4n) is 3.36. The number of amides is 1. The monoisotopic (exact) mass is 375 g/mol. The zero-order valence-electron chi connectivity index (χ0n) is 15.8. The van der Waals surface area contributed by atoms with Crippen LogP contribution in [0.1, 0.15) is 30.5 Å². The number of aromatic amines is 1. The van der Waals surface area contributed by atoms with Gasteiger partial charge in [-0.2, -0.15) is 15.4 Å². The number of anilines is 1. The summed E-state index contributed by atoms with van der Waals surface area (Å²) in [7, 11) is 1.80. The number of H-pyrrole nitrogens is 1. The van der Waals surface area contributed by atoms with Crippen molar-refractivity contribution in [3.63, 3.8) is 0 Å². The molecular weight excluding hydrogens is 354 g/mol. The molecule has 1 unspecified atom stereocenters. The van der Waals surface area contributed by atoms with Crippen LogP contribution in [0.2, 0.25) is 0 Å². The number of rotatable bonds is 5. The molecule has 2 N–H and O–H groups in total. The standard InChI is InChI=1S/C21H21N5O2/c1-13(12-22)20-21(24-25-23-20)14-3-6-16(7-4-14)28-17-8-9-18-15(11-17)5-10-19(27)26(18)2/h3-4,6-9,11-13,22H,5,10H2,1-2H3,(H,23,24,25). The van der Waals surface area contributed by atoms with Gasteiger partial charge in [-0.3, -0.25) is 4.79 Å². The SMILES string of the molecule is CC(C=N)c1n[nH]nc1-c1ccc(Oc2ccc3c(c2)CCC(=O)N3C)cc1. The van der Waals surface area contributed by atoms with Crippen molar-refractivity contribution in [2.45, 2.75) is 25.7 Å². The van der Waals surface area contributed by atoms with Crippen LogP contribution in [0.25, 0.3) is 11.3 Å². The van der Waals surface area contributed by atoms with Gasteiger partial charge in [-0.05, 0) is 54.4 Å². The second kappa shape index (κ2) is 7.26. The number of carbonyl (C=O) groups excluding carboxylic acids is 1. The van der Waals surface area contributed by atoms with Crippen molar-refractivity contribution in [2.24, 2.45) is 0 Å². The van der Waals surface area contributed by atoms with E-state index in [-0.39, 0.29) is 11.8 Å². The molecule has 2 aromatic carbocycles. The number of fused-ring (bicyclic) bond motifs is 1. The van der Waals surface area contributed by atoms with Crippen LogP contribution in [-0.4, -0.2) is 34.6 Å². The van der Waals surface area contributed by atoms with Gasteiger partial charge < -0.3 is 15.0 Å². The third kappa shape index (κ3) is 3.26. The van der Waals surface area contributed by atoms with Gasteiger partial charge in [0.05, 0.1) is 5.69 Å². The van der Waals surface area contributed by atoms with Crippen molar-refractivity contribution >= 4 is 17.8 Å². The predicted octanol–water partition coefficient (Wildman–Crippen LogP) is 3.93. The average molecular weight is 375 g/mol. The van der Waals surface area contributed by atoms with Gasteiger partial charge in [0.15, 0.2) is 0 Å². The Kier molecular flexibility index (Phi) is 4.65. The molecular formula is C21H21N5O2. The van der Waals surface area contributed by atoms with Crippen LogP contribution < -0.4 is 9.64 Å². The van der Waals surface area contributed by atoms with Gasteiger partial charge in [-0.15, -0.1) is 0 Å². The van der Waals surface area contributed by atoms with Gasteiger partial charge in [0.25, 0.3) is 0 Å². The minimum atomic E-state index is -0.106. The predicted molar refractivity (Wildman–Crippen MR) is 107 cm³/mol. The second-order valence-electron chi connectivity index (χ2n) is 6.88. The number of nitrogens with zero attached hydrogens (tertiary/aromatic N) is 3. The number of aromatic nitrogens is 3. The lowest BCUT2D eigenvalue weighted by Crippen LogP contribution is -2.30. The molecule has 0 radical (unpaired) electrons. The summed E-state index contributed by atoms with van der Waals surface area (Å²) in [4.78, 5) is 13.5. The number of hydrogen-bond donors (Lipinski definition) is 2. The summed E-state index contributed by atoms with van der Waals surface area (Å²) in [5.74, 6) is 1.49. The number of benzene rings is 2. The summed E-state index contributed by atoms with van der Waals surface area (Å²) in [6.07, 6.45) is 2.60. The molecule has 0 fully saturated rings. The highest BCUT2D eigenvalue weighted by Crippen LogP contribution is 2.33. The van der Waals surface area contributed by atoms with Crippen LogP contribution in [0.4, 0.5) is 5.69 Å². The molecule has 1 atom stereocenters. The molecule has 4 rings (SSSR count). The molecule has 0 saturated heterocycles. The molecule has 0 aliphatic carbocycles. The van der Waals surface area contributed by atoms with Crippen LogP contribution >= 0.6 is 0 Å². The average Bonchev–Trinajstić information content (AvgIpc) is 3.21. The van der Waals surface area contributed by atoms with Crippen LogP contribution in [0, 0.1) is 5.41 Å². The van der Waals surface area contributed by atoms with E-state index in [1.165, 1.54) is 6.21 Å². The highest BCUT2D eigenvalue weighted by atomic mass is 16.5. The molecule has 2 heterocycles. The summed E-state index contributed by atoms with van der Waals surface area (Å²) >= 11 is 0. The Bertz CT molecular complexity index is 1030. The van der Waals surface area contributed by atoms with Gasteiger partial charge in [-0.25, -0.2) is 0 Å². The molecule has 1 aliphatic heterocycles. The smallest absolute Gasteiger partial charge is 0.227 e. The van der Waals surface area contributed by atoms with Gasteiger partial charge in [0, 0.05) is 36.9 Å². The van der Waals surface area contributed by atoms with E-state index in [2.05, 4.69) is 15.4 Å². The Morgan fingerprint density at radius 2 is 1.89 bits per heavy atom. The molecule has 0 bridgehead atoms. The largest absolute Gasteiger partial charge is 0.457 e. The van der Waals surface area contributed by atoms with Crippen molar-refractivity contribution in [3.8, 4) is 22.8 Å². The van der Waals surface area contributed by atoms with Gasteiger partial charge in [0.1, 0.15) is 17.2 Å². The van der Waals surface area contributed by atoms with E-state index >= 15 is 0 Å². The van der Waals surface area contributed by atoms with Crippen LogP contribution in [0.5, 0.6) is 11.5 Å². The lowest BCUT2D eigenvalue weighted by Gasteiger charge is -2.26. The maximum atomic E-state index is 11.8. The van der Waals surface area contributed by atoms with Gasteiger partial charge >= 0.3 is 0 Å². The summed E-state index contributed by atoms with van der Waals surface area (Å²) < 4.78 is 5.99. The maximum Gasteiger partial charge on any atom is 0.227 e. The fourth-order valence-corrected chi connectivity index (χ4v) is 3.36. The van der Waals surface area contributed by atoms with E-state index in [9.17, 15) is 4.79 Å². The molecule has 1 aromatic heterocycles. The first-order chi connectivity index (χ1) is 13.6. The van der Waals surface area contributed by atoms with Crippen molar-refractivity contribution < 1.29 is 9.53 Å². The summed E-state index contributed by atoms with van der Waals surface area (Å²) in [6.45, 7) is 1.91. The molecule has 7 nitrogen and oxygen atoms in total. The number of carbonyl (C=O) groups is 1. The van der Waals surface area contributed by atoms with Crippen LogP contribution in [0.3, 0.4) is 0 Å². The van der Waals surface area contributed by atoms with Crippen molar-refractivity contribution in [2.75, 3.05) is 11.9 Å². The zero-order chi connectivity index (χ0) is 19.7.